The third-order valence-electron chi connectivity index (χ3n) is 6.67. The molecular weight excluding hydrogens is 442 g/mol. The number of nitrogens with one attached hydrogen (secondary N) is 1. The van der Waals surface area contributed by atoms with Gasteiger partial charge in [0.1, 0.15) is 17.8 Å². The largest absolute Gasteiger partial charge is 0.353 e. The summed E-state index contributed by atoms with van der Waals surface area (Å²) in [6, 6.07) is 1.47. The van der Waals surface area contributed by atoms with Crippen LogP contribution in [-0.2, 0) is 10.2 Å². The summed E-state index contributed by atoms with van der Waals surface area (Å²) >= 11 is 0. The standard InChI is InChI=1S/C19H26F2N8O2S/c1-25(11-14-4-8-28(18(20)21)26(14)2)32(30,31)29-10-9-27(12-19(29)5-6-19)17-15-3-7-22-16(15)23-13-24-17/h3-4,7-8,13-14,18H,5-6,9-12H2,1-2H3,(H,22,23,24). The number of H-pyrrole nitrogens is 1. The van der Waals surface area contributed by atoms with E-state index in [1.807, 2.05) is 12.3 Å². The maximum Gasteiger partial charge on any atom is 0.327 e. The summed E-state index contributed by atoms with van der Waals surface area (Å²) < 4.78 is 55.9. The lowest BCUT2D eigenvalue weighted by molar-refractivity contribution is -0.114. The summed E-state index contributed by atoms with van der Waals surface area (Å²) in [5.74, 6) is 0.803. The van der Waals surface area contributed by atoms with Crippen molar-refractivity contribution in [3.05, 3.63) is 30.9 Å². The molecule has 1 unspecified atom stereocenters. The van der Waals surface area contributed by atoms with Gasteiger partial charge in [0, 0.05) is 52.7 Å². The van der Waals surface area contributed by atoms with Crippen LogP contribution in [0.2, 0.25) is 0 Å². The molecule has 13 heteroatoms. The number of anilines is 1. The summed E-state index contributed by atoms with van der Waals surface area (Å²) in [7, 11) is -0.717. The van der Waals surface area contributed by atoms with E-state index in [9.17, 15) is 17.2 Å². The van der Waals surface area contributed by atoms with Gasteiger partial charge >= 0.3 is 6.55 Å². The van der Waals surface area contributed by atoms with Crippen LogP contribution in [0.25, 0.3) is 11.0 Å². The number of likely N-dealkylation sites (N-methyl/N-ethyl adjacent to an activating group) is 2. The summed E-state index contributed by atoms with van der Waals surface area (Å²) in [6.07, 6.45) is 7.77. The number of fused-ring (bicyclic) bond motifs is 1. The lowest BCUT2D eigenvalue weighted by Gasteiger charge is -2.43. The maximum atomic E-state index is 13.5. The van der Waals surface area contributed by atoms with E-state index in [4.69, 9.17) is 0 Å². The van der Waals surface area contributed by atoms with Crippen LogP contribution in [0.5, 0.6) is 0 Å². The Morgan fingerprint density at radius 3 is 2.78 bits per heavy atom. The predicted molar refractivity (Wildman–Crippen MR) is 115 cm³/mol. The van der Waals surface area contributed by atoms with Crippen LogP contribution in [0.15, 0.2) is 30.9 Å². The van der Waals surface area contributed by atoms with Crippen molar-refractivity contribution in [1.82, 2.24) is 33.6 Å². The molecule has 0 radical (unpaired) electrons. The fourth-order valence-corrected chi connectivity index (χ4v) is 6.38. The molecule has 1 atom stereocenters. The number of piperazine rings is 1. The maximum absolute atomic E-state index is 13.5. The van der Waals surface area contributed by atoms with Crippen LogP contribution in [0.1, 0.15) is 12.8 Å². The molecule has 5 rings (SSSR count). The molecule has 1 spiro atoms. The van der Waals surface area contributed by atoms with E-state index in [0.717, 1.165) is 34.7 Å². The second-order valence-corrected chi connectivity index (χ2v) is 10.5. The number of aromatic amines is 1. The van der Waals surface area contributed by atoms with E-state index in [1.54, 1.807) is 10.4 Å². The average molecular weight is 469 g/mol. The minimum absolute atomic E-state index is 0.0880. The molecule has 2 aliphatic heterocycles. The Morgan fingerprint density at radius 1 is 1.31 bits per heavy atom. The fourth-order valence-electron chi connectivity index (χ4n) is 4.66. The van der Waals surface area contributed by atoms with Crippen molar-refractivity contribution in [2.75, 3.05) is 45.2 Å². The van der Waals surface area contributed by atoms with Crippen molar-refractivity contribution in [2.24, 2.45) is 0 Å². The molecule has 0 amide bonds. The molecule has 0 aromatic carbocycles. The van der Waals surface area contributed by atoms with Crippen molar-refractivity contribution in [3.8, 4) is 0 Å². The normalized spacial score (nSPS) is 24.0. The summed E-state index contributed by atoms with van der Waals surface area (Å²) in [4.78, 5) is 13.9. The zero-order chi connectivity index (χ0) is 22.7. The van der Waals surface area contributed by atoms with Crippen LogP contribution in [0.4, 0.5) is 14.6 Å². The van der Waals surface area contributed by atoms with Gasteiger partial charge in [-0.15, -0.1) is 0 Å². The highest BCUT2D eigenvalue weighted by Gasteiger charge is 2.57. The molecule has 10 nitrogen and oxygen atoms in total. The smallest absolute Gasteiger partial charge is 0.327 e. The van der Waals surface area contributed by atoms with Gasteiger partial charge in [0.05, 0.1) is 17.0 Å². The Bertz CT molecular complexity index is 1140. The molecule has 1 saturated carbocycles. The molecule has 2 aromatic rings. The third kappa shape index (κ3) is 3.43. The summed E-state index contributed by atoms with van der Waals surface area (Å²) in [5.41, 5.74) is 0.284. The Kier molecular flexibility index (Phi) is 5.11. The van der Waals surface area contributed by atoms with Gasteiger partial charge in [0.15, 0.2) is 0 Å². The zero-order valence-electron chi connectivity index (χ0n) is 17.9. The van der Waals surface area contributed by atoms with Crippen molar-refractivity contribution in [1.29, 1.82) is 0 Å². The number of hydrogen-bond acceptors (Lipinski definition) is 7. The second-order valence-electron chi connectivity index (χ2n) is 8.58. The molecule has 174 valence electrons. The number of nitrogens with zero attached hydrogens (tertiary/aromatic N) is 7. The Labute approximate surface area is 185 Å². The van der Waals surface area contributed by atoms with Gasteiger partial charge in [-0.2, -0.15) is 25.8 Å². The SMILES string of the molecule is CN1C(CN(C)S(=O)(=O)N2CCN(c3ncnc4[nH]ccc34)CC23CC3)C=CN1C(F)F. The number of rotatable bonds is 6. The molecule has 1 saturated heterocycles. The van der Waals surface area contributed by atoms with E-state index in [1.165, 1.54) is 35.9 Å². The van der Waals surface area contributed by atoms with Crippen LogP contribution in [0, 0.1) is 0 Å². The number of aromatic nitrogens is 3. The number of alkyl halides is 2. The van der Waals surface area contributed by atoms with Gasteiger partial charge in [-0.05, 0) is 25.0 Å². The Hall–Kier alpha value is -2.35. The summed E-state index contributed by atoms with van der Waals surface area (Å²) in [5, 5.41) is 3.07. The van der Waals surface area contributed by atoms with Gasteiger partial charge < -0.3 is 9.88 Å². The van der Waals surface area contributed by atoms with E-state index >= 15 is 0 Å². The van der Waals surface area contributed by atoms with Crippen molar-refractivity contribution in [3.63, 3.8) is 0 Å². The van der Waals surface area contributed by atoms with Crippen molar-refractivity contribution >= 4 is 27.1 Å². The van der Waals surface area contributed by atoms with Crippen molar-refractivity contribution in [2.45, 2.75) is 31.0 Å². The van der Waals surface area contributed by atoms with Crippen LogP contribution < -0.4 is 4.90 Å². The lowest BCUT2D eigenvalue weighted by Crippen LogP contribution is -2.60. The minimum atomic E-state index is -3.76. The Balaban J connectivity index is 1.31. The Morgan fingerprint density at radius 2 is 2.09 bits per heavy atom. The molecular formula is C19H26F2N8O2S. The number of hydrogen-bond donors (Lipinski definition) is 1. The van der Waals surface area contributed by atoms with E-state index in [0.29, 0.717) is 19.6 Å². The van der Waals surface area contributed by atoms with Gasteiger partial charge in [-0.25, -0.2) is 15.0 Å². The molecule has 3 aliphatic rings. The monoisotopic (exact) mass is 468 g/mol. The van der Waals surface area contributed by atoms with Gasteiger partial charge in [-0.3, -0.25) is 5.01 Å². The van der Waals surface area contributed by atoms with E-state index < -0.39 is 28.3 Å². The molecule has 1 aliphatic carbocycles. The lowest BCUT2D eigenvalue weighted by atomic mass is 10.2. The van der Waals surface area contributed by atoms with Crippen molar-refractivity contribution < 1.29 is 17.2 Å². The number of halogens is 2. The molecule has 2 fully saturated rings. The highest BCUT2D eigenvalue weighted by molar-refractivity contribution is 7.86. The zero-order valence-corrected chi connectivity index (χ0v) is 18.7. The van der Waals surface area contributed by atoms with Crippen LogP contribution >= 0.6 is 0 Å². The molecule has 0 bridgehead atoms. The molecule has 1 N–H and O–H groups in total. The first-order chi connectivity index (χ1) is 15.2. The average Bonchev–Trinajstić information content (AvgIpc) is 3.18. The van der Waals surface area contributed by atoms with Gasteiger partial charge in [-0.1, -0.05) is 0 Å². The topological polar surface area (TPSA) is 91.9 Å². The first-order valence-electron chi connectivity index (χ1n) is 10.5. The summed E-state index contributed by atoms with van der Waals surface area (Å²) in [6.45, 7) is -1.18. The fraction of sp³-hybridized carbons (Fsp3) is 0.579. The van der Waals surface area contributed by atoms with E-state index in [-0.39, 0.29) is 6.54 Å². The highest BCUT2D eigenvalue weighted by atomic mass is 32.2. The molecule has 4 heterocycles. The van der Waals surface area contributed by atoms with Gasteiger partial charge in [0.25, 0.3) is 10.2 Å². The first kappa shape index (κ1) is 21.5. The number of hydrazine groups is 1. The quantitative estimate of drug-likeness (QED) is 0.634. The highest BCUT2D eigenvalue weighted by Crippen LogP contribution is 2.47. The third-order valence-corrected chi connectivity index (χ3v) is 8.73. The molecule has 32 heavy (non-hydrogen) atoms. The van der Waals surface area contributed by atoms with Crippen LogP contribution in [-0.4, -0.2) is 100 Å². The van der Waals surface area contributed by atoms with Gasteiger partial charge in [0.2, 0.25) is 0 Å². The molecule has 2 aromatic heterocycles. The van der Waals surface area contributed by atoms with Crippen LogP contribution in [0.3, 0.4) is 0 Å². The minimum Gasteiger partial charge on any atom is -0.353 e. The second kappa shape index (κ2) is 7.61. The first-order valence-corrected chi connectivity index (χ1v) is 11.9. The predicted octanol–water partition coefficient (Wildman–Crippen LogP) is 1.06. The van der Waals surface area contributed by atoms with E-state index in [2.05, 4.69) is 19.9 Å².